The van der Waals surface area contributed by atoms with Gasteiger partial charge in [-0.1, -0.05) is 6.42 Å². The van der Waals surface area contributed by atoms with Crippen LogP contribution < -0.4 is 10.5 Å². The SMILES string of the molecule is NCc1cc(S(=O)(=O)NCC2CC3CCC2C3)c(Br)o1. The lowest BCUT2D eigenvalue weighted by molar-refractivity contribution is 0.332. The zero-order chi connectivity index (χ0) is 14.3. The average molecular weight is 363 g/mol. The number of nitrogens with one attached hydrogen (secondary N) is 1. The quantitative estimate of drug-likeness (QED) is 0.840. The van der Waals surface area contributed by atoms with Crippen LogP contribution in [0.25, 0.3) is 0 Å². The van der Waals surface area contributed by atoms with Crippen LogP contribution in [-0.2, 0) is 16.6 Å². The molecule has 0 spiro atoms. The Morgan fingerprint density at radius 3 is 2.75 bits per heavy atom. The highest BCUT2D eigenvalue weighted by Crippen LogP contribution is 2.48. The average Bonchev–Trinajstić information content (AvgIpc) is 3.10. The van der Waals surface area contributed by atoms with Gasteiger partial charge in [-0.05, 0) is 52.9 Å². The zero-order valence-corrected chi connectivity index (χ0v) is 13.5. The molecule has 3 atom stereocenters. The highest BCUT2D eigenvalue weighted by atomic mass is 79.9. The molecule has 3 unspecified atom stereocenters. The van der Waals surface area contributed by atoms with E-state index in [1.807, 2.05) is 0 Å². The number of furan rings is 1. The lowest BCUT2D eigenvalue weighted by Gasteiger charge is -2.21. The third kappa shape index (κ3) is 2.68. The minimum atomic E-state index is -3.53. The van der Waals surface area contributed by atoms with Gasteiger partial charge in [0.15, 0.2) is 4.67 Å². The van der Waals surface area contributed by atoms with Crippen LogP contribution in [0, 0.1) is 17.8 Å². The van der Waals surface area contributed by atoms with Crippen LogP contribution in [0.5, 0.6) is 0 Å². The standard InChI is InChI=1S/C13H19BrN2O3S/c14-13-12(5-11(6-15)19-13)20(17,18)16-7-10-4-8-1-2-9(10)3-8/h5,8-10,16H,1-4,6-7,15H2. The molecule has 7 heteroatoms. The van der Waals surface area contributed by atoms with E-state index in [1.54, 1.807) is 0 Å². The number of hydrogen-bond acceptors (Lipinski definition) is 4. The fourth-order valence-electron chi connectivity index (χ4n) is 3.60. The van der Waals surface area contributed by atoms with E-state index >= 15 is 0 Å². The van der Waals surface area contributed by atoms with Crippen molar-refractivity contribution >= 4 is 26.0 Å². The highest BCUT2D eigenvalue weighted by Gasteiger charge is 2.39. The Bertz CT molecular complexity index is 599. The van der Waals surface area contributed by atoms with Crippen LogP contribution in [0.15, 0.2) is 20.0 Å². The Morgan fingerprint density at radius 2 is 2.20 bits per heavy atom. The topological polar surface area (TPSA) is 85.3 Å². The molecule has 2 aliphatic rings. The molecule has 20 heavy (non-hydrogen) atoms. The molecular weight excluding hydrogens is 344 g/mol. The van der Waals surface area contributed by atoms with Gasteiger partial charge < -0.3 is 10.2 Å². The zero-order valence-electron chi connectivity index (χ0n) is 11.1. The summed E-state index contributed by atoms with van der Waals surface area (Å²) < 4.78 is 32.8. The molecule has 1 aromatic heterocycles. The third-order valence-corrected chi connectivity index (χ3v) is 6.90. The lowest BCUT2D eigenvalue weighted by Crippen LogP contribution is -2.31. The Labute approximate surface area is 127 Å². The van der Waals surface area contributed by atoms with Gasteiger partial charge in [0.1, 0.15) is 10.7 Å². The normalized spacial score (nSPS) is 29.2. The van der Waals surface area contributed by atoms with Gasteiger partial charge in [0.2, 0.25) is 10.0 Å². The van der Waals surface area contributed by atoms with Crippen molar-refractivity contribution in [3.63, 3.8) is 0 Å². The second-order valence-electron chi connectivity index (χ2n) is 5.84. The molecule has 3 rings (SSSR count). The first-order valence-corrected chi connectivity index (χ1v) is 9.25. The van der Waals surface area contributed by atoms with E-state index < -0.39 is 10.0 Å². The van der Waals surface area contributed by atoms with E-state index in [0.29, 0.717) is 24.1 Å². The van der Waals surface area contributed by atoms with Crippen molar-refractivity contribution in [3.05, 3.63) is 16.5 Å². The molecular formula is C13H19BrN2O3S. The molecule has 1 aromatic rings. The summed E-state index contributed by atoms with van der Waals surface area (Å²) in [6.07, 6.45) is 5.01. The van der Waals surface area contributed by atoms with Gasteiger partial charge >= 0.3 is 0 Å². The molecule has 2 aliphatic carbocycles. The predicted octanol–water partition coefficient (Wildman–Crippen LogP) is 2.22. The summed E-state index contributed by atoms with van der Waals surface area (Å²) in [6.45, 7) is 0.708. The van der Waals surface area contributed by atoms with E-state index in [1.165, 1.54) is 25.3 Å². The molecule has 0 saturated heterocycles. The van der Waals surface area contributed by atoms with Crippen molar-refractivity contribution < 1.29 is 12.8 Å². The van der Waals surface area contributed by atoms with Crippen molar-refractivity contribution in [3.8, 4) is 0 Å². The third-order valence-electron chi connectivity index (χ3n) is 4.62. The summed E-state index contributed by atoms with van der Waals surface area (Å²) in [7, 11) is -3.53. The minimum absolute atomic E-state index is 0.140. The van der Waals surface area contributed by atoms with Gasteiger partial charge in [-0.2, -0.15) is 0 Å². The summed E-state index contributed by atoms with van der Waals surface area (Å²) in [5, 5.41) is 0. The van der Waals surface area contributed by atoms with Gasteiger partial charge in [0.05, 0.1) is 6.54 Å². The molecule has 2 bridgehead atoms. The first-order chi connectivity index (χ1) is 9.49. The molecule has 0 aliphatic heterocycles. The van der Waals surface area contributed by atoms with Crippen molar-refractivity contribution in [1.29, 1.82) is 0 Å². The number of fused-ring (bicyclic) bond motifs is 2. The molecule has 3 N–H and O–H groups in total. The first kappa shape index (κ1) is 14.6. The molecule has 112 valence electrons. The summed E-state index contributed by atoms with van der Waals surface area (Å²) in [4.78, 5) is 0.140. The fourth-order valence-corrected chi connectivity index (χ4v) is 5.69. The number of rotatable bonds is 5. The maximum absolute atomic E-state index is 12.3. The maximum atomic E-state index is 12.3. The largest absolute Gasteiger partial charge is 0.452 e. The summed E-state index contributed by atoms with van der Waals surface area (Å²) in [5.41, 5.74) is 5.46. The summed E-state index contributed by atoms with van der Waals surface area (Å²) >= 11 is 3.14. The Hall–Kier alpha value is -0.370. The van der Waals surface area contributed by atoms with E-state index in [4.69, 9.17) is 10.2 Å². The van der Waals surface area contributed by atoms with Crippen molar-refractivity contribution in [1.82, 2.24) is 4.72 Å². The molecule has 0 radical (unpaired) electrons. The van der Waals surface area contributed by atoms with Crippen LogP contribution in [0.2, 0.25) is 0 Å². The van der Waals surface area contributed by atoms with Crippen LogP contribution in [0.4, 0.5) is 0 Å². The molecule has 1 heterocycles. The maximum Gasteiger partial charge on any atom is 0.244 e. The Balaban J connectivity index is 1.67. The van der Waals surface area contributed by atoms with Gasteiger partial charge in [0, 0.05) is 12.6 Å². The number of sulfonamides is 1. The highest BCUT2D eigenvalue weighted by molar-refractivity contribution is 9.10. The van der Waals surface area contributed by atoms with Crippen LogP contribution >= 0.6 is 15.9 Å². The van der Waals surface area contributed by atoms with Crippen LogP contribution in [0.3, 0.4) is 0 Å². The van der Waals surface area contributed by atoms with E-state index in [-0.39, 0.29) is 16.1 Å². The van der Waals surface area contributed by atoms with Gasteiger partial charge in [-0.3, -0.25) is 0 Å². The fraction of sp³-hybridized carbons (Fsp3) is 0.692. The van der Waals surface area contributed by atoms with Crippen molar-refractivity contribution in [2.45, 2.75) is 37.1 Å². The number of halogens is 1. The molecule has 0 amide bonds. The lowest BCUT2D eigenvalue weighted by atomic mass is 9.89. The smallest absolute Gasteiger partial charge is 0.244 e. The first-order valence-electron chi connectivity index (χ1n) is 6.97. The van der Waals surface area contributed by atoms with Gasteiger partial charge in [-0.15, -0.1) is 0 Å². The molecule has 0 aromatic carbocycles. The van der Waals surface area contributed by atoms with Crippen LogP contribution in [-0.4, -0.2) is 15.0 Å². The summed E-state index contributed by atoms with van der Waals surface area (Å²) in [5.74, 6) is 2.47. The monoisotopic (exact) mass is 362 g/mol. The molecule has 2 fully saturated rings. The Kier molecular flexibility index (Phi) is 3.96. The van der Waals surface area contributed by atoms with Crippen LogP contribution in [0.1, 0.15) is 31.4 Å². The predicted molar refractivity (Wildman–Crippen MR) is 78.4 cm³/mol. The molecule has 2 saturated carbocycles. The minimum Gasteiger partial charge on any atom is -0.452 e. The van der Waals surface area contributed by atoms with Crippen molar-refractivity contribution in [2.75, 3.05) is 6.54 Å². The second-order valence-corrected chi connectivity index (χ2v) is 8.30. The van der Waals surface area contributed by atoms with Gasteiger partial charge in [0.25, 0.3) is 0 Å². The molecule has 5 nitrogen and oxygen atoms in total. The van der Waals surface area contributed by atoms with E-state index in [0.717, 1.165) is 12.3 Å². The second kappa shape index (κ2) is 5.44. The van der Waals surface area contributed by atoms with E-state index in [2.05, 4.69) is 20.7 Å². The number of hydrogen-bond donors (Lipinski definition) is 2. The van der Waals surface area contributed by atoms with E-state index in [9.17, 15) is 8.42 Å². The Morgan fingerprint density at radius 1 is 1.40 bits per heavy atom. The number of nitrogens with two attached hydrogens (primary N) is 1. The van der Waals surface area contributed by atoms with Crippen molar-refractivity contribution in [2.24, 2.45) is 23.5 Å². The summed E-state index contributed by atoms with van der Waals surface area (Å²) in [6, 6.07) is 1.48. The van der Waals surface area contributed by atoms with Gasteiger partial charge in [-0.25, -0.2) is 13.1 Å².